The van der Waals surface area contributed by atoms with Crippen LogP contribution in [0.2, 0.25) is 0 Å². The van der Waals surface area contributed by atoms with Crippen molar-refractivity contribution in [3.63, 3.8) is 0 Å². The van der Waals surface area contributed by atoms with E-state index in [0.29, 0.717) is 4.47 Å². The van der Waals surface area contributed by atoms with Gasteiger partial charge in [-0.3, -0.25) is 4.79 Å². The maximum Gasteiger partial charge on any atom is 0.254 e. The number of carbonyl (C=O) groups excluding carboxylic acids is 1. The molecule has 1 heterocycles. The Morgan fingerprint density at radius 3 is 3.00 bits per heavy atom. The fourth-order valence-electron chi connectivity index (χ4n) is 1.59. The molecule has 0 spiro atoms. The Bertz CT molecular complexity index is 407. The first-order valence-corrected chi connectivity index (χ1v) is 6.95. The molecule has 1 aromatic rings. The summed E-state index contributed by atoms with van der Waals surface area (Å²) in [5.41, 5.74) is 0.111. The lowest BCUT2D eigenvalue weighted by Crippen LogP contribution is -2.35. The van der Waals surface area contributed by atoms with Crippen molar-refractivity contribution in [2.75, 3.05) is 11.5 Å². The number of carbonyl (C=O) groups is 1. The van der Waals surface area contributed by atoms with Gasteiger partial charge in [0.25, 0.3) is 5.91 Å². The molecule has 2 nitrogen and oxygen atoms in total. The average molecular weight is 304 g/mol. The largest absolute Gasteiger partial charge is 0.348 e. The zero-order valence-electron chi connectivity index (χ0n) is 8.50. The van der Waals surface area contributed by atoms with Crippen LogP contribution < -0.4 is 5.32 Å². The van der Waals surface area contributed by atoms with Crippen LogP contribution in [-0.4, -0.2) is 23.5 Å². The summed E-state index contributed by atoms with van der Waals surface area (Å²) in [6, 6.07) is 4.65. The van der Waals surface area contributed by atoms with Crippen molar-refractivity contribution >= 4 is 33.6 Å². The Morgan fingerprint density at radius 2 is 2.38 bits per heavy atom. The van der Waals surface area contributed by atoms with Crippen molar-refractivity contribution in [2.24, 2.45) is 0 Å². The van der Waals surface area contributed by atoms with E-state index in [0.717, 1.165) is 17.9 Å². The predicted octanol–water partition coefficient (Wildman–Crippen LogP) is 2.82. The van der Waals surface area contributed by atoms with E-state index in [4.69, 9.17) is 0 Å². The molecule has 0 bridgehead atoms. The van der Waals surface area contributed by atoms with Crippen LogP contribution in [0.25, 0.3) is 0 Å². The van der Waals surface area contributed by atoms with Crippen molar-refractivity contribution in [2.45, 2.75) is 12.5 Å². The van der Waals surface area contributed by atoms with Crippen LogP contribution in [0.3, 0.4) is 0 Å². The van der Waals surface area contributed by atoms with E-state index in [2.05, 4.69) is 21.2 Å². The zero-order valence-corrected chi connectivity index (χ0v) is 10.9. The van der Waals surface area contributed by atoms with Crippen molar-refractivity contribution in [1.29, 1.82) is 0 Å². The maximum atomic E-state index is 13.5. The third kappa shape index (κ3) is 2.77. The molecule has 1 aliphatic heterocycles. The highest BCUT2D eigenvalue weighted by atomic mass is 79.9. The SMILES string of the molecule is O=C(NC1CCSC1)c1ccc(Br)cc1F. The molecule has 16 heavy (non-hydrogen) atoms. The fraction of sp³-hybridized carbons (Fsp3) is 0.364. The van der Waals surface area contributed by atoms with Crippen LogP contribution in [0.5, 0.6) is 0 Å². The summed E-state index contributed by atoms with van der Waals surface area (Å²) in [5.74, 6) is 1.17. The van der Waals surface area contributed by atoms with Gasteiger partial charge < -0.3 is 5.32 Å². The summed E-state index contributed by atoms with van der Waals surface area (Å²) in [5, 5.41) is 2.84. The first-order chi connectivity index (χ1) is 7.66. The molecule has 2 rings (SSSR count). The number of benzene rings is 1. The van der Waals surface area contributed by atoms with E-state index in [9.17, 15) is 9.18 Å². The number of rotatable bonds is 2. The van der Waals surface area contributed by atoms with E-state index in [1.54, 1.807) is 6.07 Å². The molecule has 0 saturated carbocycles. The number of hydrogen-bond donors (Lipinski definition) is 1. The molecule has 1 unspecified atom stereocenters. The summed E-state index contributed by atoms with van der Waals surface area (Å²) in [7, 11) is 0. The monoisotopic (exact) mass is 303 g/mol. The van der Waals surface area contributed by atoms with Gasteiger partial charge in [-0.2, -0.15) is 11.8 Å². The molecule has 1 saturated heterocycles. The van der Waals surface area contributed by atoms with E-state index in [1.165, 1.54) is 12.1 Å². The van der Waals surface area contributed by atoms with Gasteiger partial charge in [-0.1, -0.05) is 15.9 Å². The van der Waals surface area contributed by atoms with E-state index < -0.39 is 5.82 Å². The van der Waals surface area contributed by atoms with Gasteiger partial charge >= 0.3 is 0 Å². The van der Waals surface area contributed by atoms with Crippen LogP contribution in [0.1, 0.15) is 16.8 Å². The summed E-state index contributed by atoms with van der Waals surface area (Å²) < 4.78 is 14.1. The molecule has 1 amide bonds. The standard InChI is InChI=1S/C11H11BrFNOS/c12-7-1-2-9(10(13)5-7)11(15)14-8-3-4-16-6-8/h1-2,5,8H,3-4,6H2,(H,14,15). The molecular formula is C11H11BrFNOS. The molecule has 1 N–H and O–H groups in total. The second-order valence-corrected chi connectivity index (χ2v) is 5.72. The van der Waals surface area contributed by atoms with Crippen molar-refractivity contribution < 1.29 is 9.18 Å². The number of nitrogens with one attached hydrogen (secondary N) is 1. The highest BCUT2D eigenvalue weighted by molar-refractivity contribution is 9.10. The molecule has 0 radical (unpaired) electrons. The Hall–Kier alpha value is -0.550. The quantitative estimate of drug-likeness (QED) is 0.910. The van der Waals surface area contributed by atoms with Gasteiger partial charge in [0, 0.05) is 16.3 Å². The van der Waals surface area contributed by atoms with Crippen molar-refractivity contribution in [3.05, 3.63) is 34.1 Å². The van der Waals surface area contributed by atoms with E-state index >= 15 is 0 Å². The van der Waals surface area contributed by atoms with E-state index in [-0.39, 0.29) is 17.5 Å². The van der Waals surface area contributed by atoms with Crippen LogP contribution in [0.4, 0.5) is 4.39 Å². The molecule has 0 aromatic heterocycles. The Balaban J connectivity index is 2.08. The Morgan fingerprint density at radius 1 is 1.56 bits per heavy atom. The van der Waals surface area contributed by atoms with Gasteiger partial charge in [0.05, 0.1) is 5.56 Å². The lowest BCUT2D eigenvalue weighted by Gasteiger charge is -2.11. The maximum absolute atomic E-state index is 13.5. The van der Waals surface area contributed by atoms with Gasteiger partial charge in [0.15, 0.2) is 0 Å². The number of amides is 1. The Labute approximate surface area is 106 Å². The molecule has 1 aromatic carbocycles. The van der Waals surface area contributed by atoms with Crippen molar-refractivity contribution in [1.82, 2.24) is 5.32 Å². The highest BCUT2D eigenvalue weighted by Crippen LogP contribution is 2.19. The average Bonchev–Trinajstić information content (AvgIpc) is 2.70. The van der Waals surface area contributed by atoms with Gasteiger partial charge in [0.2, 0.25) is 0 Å². The minimum absolute atomic E-state index is 0.111. The van der Waals surface area contributed by atoms with Crippen molar-refractivity contribution in [3.8, 4) is 0 Å². The topological polar surface area (TPSA) is 29.1 Å². The summed E-state index contributed by atoms with van der Waals surface area (Å²) in [4.78, 5) is 11.8. The minimum Gasteiger partial charge on any atom is -0.348 e. The van der Waals surface area contributed by atoms with Gasteiger partial charge in [-0.15, -0.1) is 0 Å². The minimum atomic E-state index is -0.488. The summed E-state index contributed by atoms with van der Waals surface area (Å²) in [6.07, 6.45) is 0.967. The molecular weight excluding hydrogens is 293 g/mol. The third-order valence-electron chi connectivity index (χ3n) is 2.44. The highest BCUT2D eigenvalue weighted by Gasteiger charge is 2.20. The first kappa shape index (κ1) is 11.9. The summed E-state index contributed by atoms with van der Waals surface area (Å²) >= 11 is 4.97. The first-order valence-electron chi connectivity index (χ1n) is 5.00. The molecule has 86 valence electrons. The molecule has 5 heteroatoms. The molecule has 0 aliphatic carbocycles. The van der Waals surface area contributed by atoms with Crippen LogP contribution in [-0.2, 0) is 0 Å². The summed E-state index contributed by atoms with van der Waals surface area (Å²) in [6.45, 7) is 0. The normalized spacial score (nSPS) is 19.8. The lowest BCUT2D eigenvalue weighted by atomic mass is 10.1. The number of halogens is 2. The molecule has 1 fully saturated rings. The zero-order chi connectivity index (χ0) is 11.5. The lowest BCUT2D eigenvalue weighted by molar-refractivity contribution is 0.0937. The van der Waals surface area contributed by atoms with Gasteiger partial charge in [0.1, 0.15) is 5.82 Å². The van der Waals surface area contributed by atoms with Gasteiger partial charge in [-0.25, -0.2) is 4.39 Å². The van der Waals surface area contributed by atoms with Crippen LogP contribution >= 0.6 is 27.7 Å². The number of thioether (sulfide) groups is 1. The predicted molar refractivity (Wildman–Crippen MR) is 67.3 cm³/mol. The third-order valence-corrected chi connectivity index (χ3v) is 4.10. The van der Waals surface area contributed by atoms with E-state index in [1.807, 2.05) is 11.8 Å². The Kier molecular flexibility index (Phi) is 3.86. The van der Waals surface area contributed by atoms with Crippen LogP contribution in [0, 0.1) is 5.82 Å². The fourth-order valence-corrected chi connectivity index (χ4v) is 3.07. The smallest absolute Gasteiger partial charge is 0.254 e. The van der Waals surface area contributed by atoms with Crippen LogP contribution in [0.15, 0.2) is 22.7 Å². The second kappa shape index (κ2) is 5.19. The van der Waals surface area contributed by atoms with Gasteiger partial charge in [-0.05, 0) is 30.4 Å². The molecule has 1 atom stereocenters. The number of hydrogen-bond acceptors (Lipinski definition) is 2. The second-order valence-electron chi connectivity index (χ2n) is 3.66. The molecule has 1 aliphatic rings.